The largest absolute Gasteiger partial charge is 0.418 e. The molecule has 0 atom stereocenters. The van der Waals surface area contributed by atoms with E-state index in [9.17, 15) is 18.0 Å². The number of amides is 1. The molecule has 5 rings (SSSR count). The number of carbonyl (C=O) groups excluding carboxylic acids is 1. The van der Waals surface area contributed by atoms with E-state index in [-0.39, 0.29) is 17.3 Å². The Hall–Kier alpha value is -3.74. The standard InChI is InChI=1S/C24H18F3N3O/c25-24(26,27)20-11-17(28-12-19-18-7-3-4-8-21(18)29-23(19)31)9-10-22(20)30-13-15-5-1-2-6-16(15)14-30/h1-12,28H,13-14H2,(H,29,31). The van der Waals surface area contributed by atoms with Crippen LogP contribution in [0.3, 0.4) is 0 Å². The van der Waals surface area contributed by atoms with Crippen LogP contribution < -0.4 is 15.5 Å². The van der Waals surface area contributed by atoms with Gasteiger partial charge in [0.25, 0.3) is 5.91 Å². The van der Waals surface area contributed by atoms with Gasteiger partial charge in [-0.1, -0.05) is 42.5 Å². The summed E-state index contributed by atoms with van der Waals surface area (Å²) in [6, 6.07) is 19.0. The lowest BCUT2D eigenvalue weighted by molar-refractivity contribution is -0.137. The fourth-order valence-electron chi connectivity index (χ4n) is 4.07. The molecule has 0 bridgehead atoms. The molecule has 0 aromatic heterocycles. The number of hydrogen-bond acceptors (Lipinski definition) is 3. The minimum absolute atomic E-state index is 0.144. The van der Waals surface area contributed by atoms with Crippen LogP contribution in [0.1, 0.15) is 22.3 Å². The number of para-hydroxylation sites is 1. The Kier molecular flexibility index (Phi) is 4.46. The number of rotatable bonds is 3. The molecule has 7 heteroatoms. The van der Waals surface area contributed by atoms with Crippen molar-refractivity contribution in [1.82, 2.24) is 0 Å². The monoisotopic (exact) mass is 421 g/mol. The molecule has 2 aliphatic heterocycles. The van der Waals surface area contributed by atoms with Gasteiger partial charge in [0.15, 0.2) is 0 Å². The molecule has 0 radical (unpaired) electrons. The predicted octanol–water partition coefficient (Wildman–Crippen LogP) is 5.63. The Morgan fingerprint density at radius 1 is 0.935 bits per heavy atom. The van der Waals surface area contributed by atoms with Gasteiger partial charge in [-0.2, -0.15) is 13.2 Å². The van der Waals surface area contributed by atoms with Gasteiger partial charge in [-0.25, -0.2) is 0 Å². The van der Waals surface area contributed by atoms with Crippen LogP contribution in [0.25, 0.3) is 5.57 Å². The Bertz CT molecular complexity index is 1190. The molecule has 3 aromatic rings. The fraction of sp³-hybridized carbons (Fsp3) is 0.125. The molecule has 0 fully saturated rings. The van der Waals surface area contributed by atoms with Gasteiger partial charge >= 0.3 is 6.18 Å². The van der Waals surface area contributed by atoms with Crippen molar-refractivity contribution in [2.45, 2.75) is 19.3 Å². The van der Waals surface area contributed by atoms with Crippen molar-refractivity contribution in [1.29, 1.82) is 0 Å². The number of hydrogen-bond donors (Lipinski definition) is 2. The van der Waals surface area contributed by atoms with Gasteiger partial charge in [-0.3, -0.25) is 4.79 Å². The SMILES string of the molecule is O=C1Nc2ccccc2C1=CNc1ccc(N2Cc3ccccc3C2)c(C(F)(F)F)c1. The first-order valence-corrected chi connectivity index (χ1v) is 9.80. The van der Waals surface area contributed by atoms with E-state index in [1.54, 1.807) is 35.2 Å². The molecule has 3 aromatic carbocycles. The average Bonchev–Trinajstić information content (AvgIpc) is 3.31. The third-order valence-corrected chi connectivity index (χ3v) is 5.58. The van der Waals surface area contributed by atoms with Crippen molar-refractivity contribution >= 4 is 28.5 Å². The third-order valence-electron chi connectivity index (χ3n) is 5.58. The minimum atomic E-state index is -4.51. The minimum Gasteiger partial charge on any atom is -0.362 e. The first-order valence-electron chi connectivity index (χ1n) is 9.80. The first-order chi connectivity index (χ1) is 14.9. The lowest BCUT2D eigenvalue weighted by Crippen LogP contribution is -2.20. The molecular formula is C24H18F3N3O. The van der Waals surface area contributed by atoms with Gasteiger partial charge in [0, 0.05) is 41.9 Å². The van der Waals surface area contributed by atoms with E-state index in [4.69, 9.17) is 0 Å². The van der Waals surface area contributed by atoms with E-state index >= 15 is 0 Å². The first kappa shape index (κ1) is 19.2. The Morgan fingerprint density at radius 3 is 2.32 bits per heavy atom. The van der Waals surface area contributed by atoms with Gasteiger partial charge < -0.3 is 15.5 Å². The van der Waals surface area contributed by atoms with E-state index in [2.05, 4.69) is 10.6 Å². The second kappa shape index (κ2) is 7.19. The van der Waals surface area contributed by atoms with Crippen molar-refractivity contribution in [2.75, 3.05) is 15.5 Å². The molecule has 31 heavy (non-hydrogen) atoms. The number of alkyl halides is 3. The molecule has 0 saturated heterocycles. The smallest absolute Gasteiger partial charge is 0.362 e. The zero-order valence-corrected chi connectivity index (χ0v) is 16.3. The maximum atomic E-state index is 13.9. The maximum absolute atomic E-state index is 13.9. The van der Waals surface area contributed by atoms with Crippen molar-refractivity contribution in [2.24, 2.45) is 0 Å². The van der Waals surface area contributed by atoms with Gasteiger partial charge in [0.2, 0.25) is 0 Å². The molecule has 4 nitrogen and oxygen atoms in total. The normalized spacial score (nSPS) is 16.3. The van der Waals surface area contributed by atoms with Gasteiger partial charge in [0.05, 0.1) is 11.1 Å². The summed E-state index contributed by atoms with van der Waals surface area (Å²) in [7, 11) is 0. The molecule has 2 N–H and O–H groups in total. The van der Waals surface area contributed by atoms with Crippen LogP contribution >= 0.6 is 0 Å². The molecule has 0 aliphatic carbocycles. The number of nitrogens with one attached hydrogen (secondary N) is 2. The highest BCUT2D eigenvalue weighted by molar-refractivity contribution is 6.31. The van der Waals surface area contributed by atoms with Crippen molar-refractivity contribution in [3.8, 4) is 0 Å². The van der Waals surface area contributed by atoms with Gasteiger partial charge in [-0.05, 0) is 35.4 Å². The topological polar surface area (TPSA) is 44.4 Å². The molecule has 2 heterocycles. The second-order valence-corrected chi connectivity index (χ2v) is 7.56. The van der Waals surface area contributed by atoms with Crippen molar-refractivity contribution in [3.63, 3.8) is 0 Å². The van der Waals surface area contributed by atoms with Crippen LogP contribution in [0.15, 0.2) is 72.9 Å². The lowest BCUT2D eigenvalue weighted by atomic mass is 10.1. The number of anilines is 3. The Morgan fingerprint density at radius 2 is 1.61 bits per heavy atom. The average molecular weight is 421 g/mol. The molecule has 2 aliphatic rings. The maximum Gasteiger partial charge on any atom is 0.418 e. The number of benzene rings is 3. The highest BCUT2D eigenvalue weighted by Gasteiger charge is 2.36. The molecule has 156 valence electrons. The third kappa shape index (κ3) is 3.52. The van der Waals surface area contributed by atoms with E-state index in [1.807, 2.05) is 24.3 Å². The number of nitrogens with zero attached hydrogens (tertiary/aromatic N) is 1. The van der Waals surface area contributed by atoms with Crippen LogP contribution in [0.2, 0.25) is 0 Å². The predicted molar refractivity (Wildman–Crippen MR) is 114 cm³/mol. The van der Waals surface area contributed by atoms with Crippen LogP contribution in [0, 0.1) is 0 Å². The van der Waals surface area contributed by atoms with Gasteiger partial charge in [-0.15, -0.1) is 0 Å². The summed E-state index contributed by atoms with van der Waals surface area (Å²) in [6.07, 6.45) is -3.06. The van der Waals surface area contributed by atoms with E-state index in [0.717, 1.165) is 17.2 Å². The van der Waals surface area contributed by atoms with Gasteiger partial charge in [0.1, 0.15) is 0 Å². The van der Waals surface area contributed by atoms with Crippen LogP contribution in [-0.2, 0) is 24.1 Å². The quantitative estimate of drug-likeness (QED) is 0.539. The Labute approximate surface area is 177 Å². The number of halogens is 3. The molecule has 1 amide bonds. The van der Waals surface area contributed by atoms with Crippen LogP contribution in [0.5, 0.6) is 0 Å². The van der Waals surface area contributed by atoms with E-state index in [1.165, 1.54) is 12.3 Å². The summed E-state index contributed by atoms with van der Waals surface area (Å²) >= 11 is 0. The zero-order chi connectivity index (χ0) is 21.6. The van der Waals surface area contributed by atoms with E-state index in [0.29, 0.717) is 29.9 Å². The van der Waals surface area contributed by atoms with Crippen molar-refractivity contribution < 1.29 is 18.0 Å². The summed E-state index contributed by atoms with van der Waals surface area (Å²) < 4.78 is 41.6. The summed E-state index contributed by atoms with van der Waals surface area (Å²) in [5.41, 5.74) is 3.54. The summed E-state index contributed by atoms with van der Waals surface area (Å²) in [4.78, 5) is 13.9. The highest BCUT2D eigenvalue weighted by Crippen LogP contribution is 2.41. The molecular weight excluding hydrogens is 403 g/mol. The second-order valence-electron chi connectivity index (χ2n) is 7.56. The Balaban J connectivity index is 1.45. The fourth-order valence-corrected chi connectivity index (χ4v) is 4.07. The van der Waals surface area contributed by atoms with E-state index < -0.39 is 11.7 Å². The number of carbonyl (C=O) groups is 1. The molecule has 0 saturated carbocycles. The lowest BCUT2D eigenvalue weighted by Gasteiger charge is -2.23. The molecule has 0 spiro atoms. The van der Waals surface area contributed by atoms with Crippen LogP contribution in [-0.4, -0.2) is 5.91 Å². The van der Waals surface area contributed by atoms with Crippen molar-refractivity contribution in [3.05, 3.63) is 95.2 Å². The molecule has 0 unspecified atom stereocenters. The summed E-state index contributed by atoms with van der Waals surface area (Å²) in [5, 5.41) is 5.60. The summed E-state index contributed by atoms with van der Waals surface area (Å²) in [6.45, 7) is 0.875. The zero-order valence-electron chi connectivity index (χ0n) is 16.3. The summed E-state index contributed by atoms with van der Waals surface area (Å²) in [5.74, 6) is -0.295. The highest BCUT2D eigenvalue weighted by atomic mass is 19.4. The van der Waals surface area contributed by atoms with Crippen LogP contribution in [0.4, 0.5) is 30.2 Å². The number of fused-ring (bicyclic) bond motifs is 2.